The highest BCUT2D eigenvalue weighted by Gasteiger charge is 2.38. The summed E-state index contributed by atoms with van der Waals surface area (Å²) in [6.45, 7) is 4.24. The normalized spacial score (nSPS) is 25.3. The zero-order valence-corrected chi connectivity index (χ0v) is 20.5. The lowest BCUT2D eigenvalue weighted by Crippen LogP contribution is -2.43. The Kier molecular flexibility index (Phi) is 7.93. The molecule has 1 unspecified atom stereocenters. The van der Waals surface area contributed by atoms with E-state index in [9.17, 15) is 16.8 Å². The molecule has 1 saturated carbocycles. The average molecular weight is 485 g/mol. The summed E-state index contributed by atoms with van der Waals surface area (Å²) in [4.78, 5) is 2.55. The zero-order chi connectivity index (χ0) is 22.6. The molecule has 180 valence electrons. The molecule has 0 spiro atoms. The molecule has 3 fully saturated rings. The highest BCUT2D eigenvalue weighted by Crippen LogP contribution is 2.33. The summed E-state index contributed by atoms with van der Waals surface area (Å²) in [6.07, 6.45) is 7.14. The van der Waals surface area contributed by atoms with Gasteiger partial charge in [0.2, 0.25) is 10.0 Å². The van der Waals surface area contributed by atoms with Crippen LogP contribution in [0.25, 0.3) is 0 Å². The van der Waals surface area contributed by atoms with Crippen molar-refractivity contribution in [1.82, 2.24) is 9.21 Å². The number of sulfone groups is 1. The van der Waals surface area contributed by atoms with E-state index in [0.29, 0.717) is 38.5 Å². The van der Waals surface area contributed by atoms with Crippen molar-refractivity contribution in [1.29, 1.82) is 0 Å². The molecule has 2 heterocycles. The number of benzene rings is 1. The number of hydrogen-bond donors (Lipinski definition) is 0. The van der Waals surface area contributed by atoms with Crippen molar-refractivity contribution in [2.75, 3.05) is 50.9 Å². The van der Waals surface area contributed by atoms with E-state index in [1.165, 1.54) is 42.0 Å². The van der Waals surface area contributed by atoms with Gasteiger partial charge in [-0.15, -0.1) is 0 Å². The summed E-state index contributed by atoms with van der Waals surface area (Å²) in [6, 6.07) is 6.88. The van der Waals surface area contributed by atoms with Gasteiger partial charge in [0.1, 0.15) is 0 Å². The molecular weight excluding hydrogens is 448 g/mol. The van der Waals surface area contributed by atoms with Crippen molar-refractivity contribution in [2.24, 2.45) is 0 Å². The number of sulfonamides is 1. The SMILES string of the molecule is O=S1(=O)CCC(N(CCCN2CCOCC2)S(=O)(=O)c2ccc(C3CCCCC3)cc2)C1. The Hall–Kier alpha value is -1.00. The summed E-state index contributed by atoms with van der Waals surface area (Å²) in [5.41, 5.74) is 1.21. The zero-order valence-electron chi connectivity index (χ0n) is 18.8. The second-order valence-electron chi connectivity index (χ2n) is 9.38. The summed E-state index contributed by atoms with van der Waals surface area (Å²) in [5.74, 6) is 0.502. The first-order valence-corrected chi connectivity index (χ1v) is 15.2. The van der Waals surface area contributed by atoms with Crippen LogP contribution in [0.2, 0.25) is 0 Å². The van der Waals surface area contributed by atoms with E-state index in [0.717, 1.165) is 19.6 Å². The van der Waals surface area contributed by atoms with Crippen LogP contribution in [0.15, 0.2) is 29.2 Å². The van der Waals surface area contributed by atoms with Crippen LogP contribution in [-0.4, -0.2) is 83.0 Å². The molecule has 7 nitrogen and oxygen atoms in total. The Balaban J connectivity index is 1.49. The third-order valence-corrected chi connectivity index (χ3v) is 10.9. The molecule has 9 heteroatoms. The van der Waals surface area contributed by atoms with Crippen LogP contribution in [0.1, 0.15) is 56.4 Å². The van der Waals surface area contributed by atoms with Crippen LogP contribution in [0.5, 0.6) is 0 Å². The van der Waals surface area contributed by atoms with Gasteiger partial charge in [-0.2, -0.15) is 4.31 Å². The lowest BCUT2D eigenvalue weighted by Gasteiger charge is -2.30. The van der Waals surface area contributed by atoms with E-state index in [2.05, 4.69) is 4.90 Å². The van der Waals surface area contributed by atoms with Crippen molar-refractivity contribution >= 4 is 19.9 Å². The maximum absolute atomic E-state index is 13.6. The van der Waals surface area contributed by atoms with Crippen LogP contribution in [0.3, 0.4) is 0 Å². The monoisotopic (exact) mass is 484 g/mol. The molecule has 1 aromatic carbocycles. The molecular formula is C23H36N2O5S2. The molecule has 3 aliphatic rings. The highest BCUT2D eigenvalue weighted by atomic mass is 32.2. The van der Waals surface area contributed by atoms with Crippen molar-refractivity contribution in [3.63, 3.8) is 0 Å². The number of morpholine rings is 1. The van der Waals surface area contributed by atoms with Crippen molar-refractivity contribution in [2.45, 2.75) is 61.8 Å². The predicted molar refractivity (Wildman–Crippen MR) is 125 cm³/mol. The fourth-order valence-corrected chi connectivity index (χ4v) is 8.78. The predicted octanol–water partition coefficient (Wildman–Crippen LogP) is 2.63. The van der Waals surface area contributed by atoms with E-state index in [1.54, 1.807) is 12.1 Å². The second-order valence-corrected chi connectivity index (χ2v) is 13.5. The van der Waals surface area contributed by atoms with E-state index < -0.39 is 25.9 Å². The van der Waals surface area contributed by atoms with E-state index >= 15 is 0 Å². The molecule has 0 N–H and O–H groups in total. The maximum Gasteiger partial charge on any atom is 0.243 e. The van der Waals surface area contributed by atoms with Crippen LogP contribution >= 0.6 is 0 Å². The molecule has 1 atom stereocenters. The fourth-order valence-electron chi connectivity index (χ4n) is 5.26. The minimum absolute atomic E-state index is 0.0633. The Morgan fingerprint density at radius 3 is 2.31 bits per heavy atom. The molecule has 0 radical (unpaired) electrons. The lowest BCUT2D eigenvalue weighted by atomic mass is 9.84. The Labute approximate surface area is 193 Å². The topological polar surface area (TPSA) is 84.0 Å². The van der Waals surface area contributed by atoms with Crippen LogP contribution in [0.4, 0.5) is 0 Å². The summed E-state index contributed by atoms with van der Waals surface area (Å²) >= 11 is 0. The largest absolute Gasteiger partial charge is 0.379 e. The number of rotatable bonds is 8. The van der Waals surface area contributed by atoms with Gasteiger partial charge in [0.15, 0.2) is 9.84 Å². The highest BCUT2D eigenvalue weighted by molar-refractivity contribution is 7.92. The number of hydrogen-bond acceptors (Lipinski definition) is 6. The van der Waals surface area contributed by atoms with E-state index in [1.807, 2.05) is 12.1 Å². The van der Waals surface area contributed by atoms with Gasteiger partial charge in [0, 0.05) is 25.7 Å². The minimum atomic E-state index is -3.76. The summed E-state index contributed by atoms with van der Waals surface area (Å²) in [7, 11) is -6.94. The molecule has 0 bridgehead atoms. The minimum Gasteiger partial charge on any atom is -0.379 e. The first kappa shape index (κ1) is 24.1. The van der Waals surface area contributed by atoms with Gasteiger partial charge in [-0.1, -0.05) is 31.4 Å². The molecule has 32 heavy (non-hydrogen) atoms. The third-order valence-electron chi connectivity index (χ3n) is 7.14. The van der Waals surface area contributed by atoms with Gasteiger partial charge < -0.3 is 4.74 Å². The molecule has 1 aromatic rings. The second kappa shape index (κ2) is 10.5. The van der Waals surface area contributed by atoms with Gasteiger partial charge in [0.25, 0.3) is 0 Å². The molecule has 2 aliphatic heterocycles. The number of nitrogens with zero attached hydrogens (tertiary/aromatic N) is 2. The quantitative estimate of drug-likeness (QED) is 0.564. The van der Waals surface area contributed by atoms with Crippen LogP contribution < -0.4 is 0 Å². The summed E-state index contributed by atoms with van der Waals surface area (Å²) < 4.78 is 58.3. The number of ether oxygens (including phenoxy) is 1. The molecule has 2 saturated heterocycles. The first-order valence-electron chi connectivity index (χ1n) is 12.0. The fraction of sp³-hybridized carbons (Fsp3) is 0.739. The van der Waals surface area contributed by atoms with Crippen LogP contribution in [-0.2, 0) is 24.6 Å². The van der Waals surface area contributed by atoms with Gasteiger partial charge in [0.05, 0.1) is 29.6 Å². The average Bonchev–Trinajstić information content (AvgIpc) is 3.17. The van der Waals surface area contributed by atoms with E-state index in [-0.39, 0.29) is 16.4 Å². The molecule has 0 amide bonds. The van der Waals surface area contributed by atoms with Crippen molar-refractivity contribution < 1.29 is 21.6 Å². The standard InChI is InChI=1S/C23H36N2O5S2/c26-31(27)18-11-22(19-31)25(13-4-12-24-14-16-30-17-15-24)32(28,29)23-9-7-21(8-10-23)20-5-2-1-3-6-20/h7-10,20,22H,1-6,11-19H2. The Morgan fingerprint density at radius 1 is 1.00 bits per heavy atom. The van der Waals surface area contributed by atoms with E-state index in [4.69, 9.17) is 4.74 Å². The molecule has 1 aliphatic carbocycles. The van der Waals surface area contributed by atoms with Gasteiger partial charge >= 0.3 is 0 Å². The first-order chi connectivity index (χ1) is 15.4. The van der Waals surface area contributed by atoms with Crippen molar-refractivity contribution in [3.8, 4) is 0 Å². The van der Waals surface area contributed by atoms with Gasteiger partial charge in [-0.05, 0) is 55.8 Å². The van der Waals surface area contributed by atoms with Gasteiger partial charge in [-0.3, -0.25) is 4.90 Å². The van der Waals surface area contributed by atoms with Crippen LogP contribution in [0, 0.1) is 0 Å². The maximum atomic E-state index is 13.6. The molecule has 0 aromatic heterocycles. The smallest absolute Gasteiger partial charge is 0.243 e. The van der Waals surface area contributed by atoms with Gasteiger partial charge in [-0.25, -0.2) is 16.8 Å². The van der Waals surface area contributed by atoms with Crippen molar-refractivity contribution in [3.05, 3.63) is 29.8 Å². The Morgan fingerprint density at radius 2 is 1.69 bits per heavy atom. The lowest BCUT2D eigenvalue weighted by molar-refractivity contribution is 0.0367. The third kappa shape index (κ3) is 5.91. The summed E-state index contributed by atoms with van der Waals surface area (Å²) in [5, 5.41) is 0. The molecule has 4 rings (SSSR count). The Bertz CT molecular complexity index is 951.